The zero-order chi connectivity index (χ0) is 17.1. The van der Waals surface area contributed by atoms with Gasteiger partial charge in [-0.1, -0.05) is 18.2 Å². The van der Waals surface area contributed by atoms with Crippen molar-refractivity contribution in [3.05, 3.63) is 35.3 Å². The van der Waals surface area contributed by atoms with Crippen LogP contribution in [0.1, 0.15) is 33.3 Å². The molecule has 1 aliphatic rings. The third-order valence-corrected chi connectivity index (χ3v) is 4.43. The normalized spacial score (nSPS) is 19.5. The molecular weight excluding hydrogens is 307 g/mol. The summed E-state index contributed by atoms with van der Waals surface area (Å²) in [5.74, 6) is 0. The zero-order valence-electron chi connectivity index (χ0n) is 14.3. The van der Waals surface area contributed by atoms with E-state index in [4.69, 9.17) is 9.31 Å². The molecular formula is C17H23BN2O2S. The van der Waals surface area contributed by atoms with E-state index in [2.05, 4.69) is 61.5 Å². The van der Waals surface area contributed by atoms with Crippen molar-refractivity contribution in [2.24, 2.45) is 4.99 Å². The van der Waals surface area contributed by atoms with Gasteiger partial charge >= 0.3 is 7.12 Å². The second kappa shape index (κ2) is 7.08. The third-order valence-electron chi connectivity index (χ3n) is 4.33. The molecule has 0 amide bonds. The predicted octanol–water partition coefficient (Wildman–Crippen LogP) is 3.66. The molecule has 0 spiro atoms. The SMILES string of the molecule is CNCC(=Cc1cccc(N=C=S)c1)B1OC(C)(C)C(C)(C)O1. The minimum Gasteiger partial charge on any atom is -0.400 e. The van der Waals surface area contributed by atoms with Crippen molar-refractivity contribution in [1.82, 2.24) is 5.32 Å². The lowest BCUT2D eigenvalue weighted by Gasteiger charge is -2.32. The molecule has 0 bridgehead atoms. The zero-order valence-corrected chi connectivity index (χ0v) is 15.2. The Morgan fingerprint density at radius 2 is 1.96 bits per heavy atom. The number of likely N-dealkylation sites (N-methyl/N-ethyl adjacent to an activating group) is 1. The number of benzene rings is 1. The highest BCUT2D eigenvalue weighted by Gasteiger charge is 2.52. The molecule has 0 aliphatic carbocycles. The number of isothiocyanates is 1. The van der Waals surface area contributed by atoms with E-state index in [0.717, 1.165) is 16.7 Å². The fourth-order valence-corrected chi connectivity index (χ4v) is 2.46. The van der Waals surface area contributed by atoms with Gasteiger partial charge in [-0.05, 0) is 70.1 Å². The fourth-order valence-electron chi connectivity index (χ4n) is 2.35. The molecule has 4 nitrogen and oxygen atoms in total. The number of aliphatic imine (C=N–C) groups is 1. The molecule has 1 heterocycles. The number of thiocarbonyl (C=S) groups is 1. The quantitative estimate of drug-likeness (QED) is 0.508. The fraction of sp³-hybridized carbons (Fsp3) is 0.471. The number of hydrogen-bond donors (Lipinski definition) is 1. The van der Waals surface area contributed by atoms with Gasteiger partial charge < -0.3 is 14.6 Å². The van der Waals surface area contributed by atoms with E-state index in [1.54, 1.807) is 0 Å². The highest BCUT2D eigenvalue weighted by molar-refractivity contribution is 7.78. The molecule has 1 aromatic carbocycles. The molecule has 1 aliphatic heterocycles. The number of hydrogen-bond acceptors (Lipinski definition) is 5. The molecule has 0 aromatic heterocycles. The molecule has 0 radical (unpaired) electrons. The van der Waals surface area contributed by atoms with Gasteiger partial charge in [-0.25, -0.2) is 0 Å². The van der Waals surface area contributed by atoms with Crippen molar-refractivity contribution >= 4 is 36.3 Å². The molecule has 0 atom stereocenters. The van der Waals surface area contributed by atoms with Gasteiger partial charge in [-0.2, -0.15) is 4.99 Å². The van der Waals surface area contributed by atoms with Crippen LogP contribution in [0.4, 0.5) is 5.69 Å². The monoisotopic (exact) mass is 330 g/mol. The van der Waals surface area contributed by atoms with Gasteiger partial charge in [0.1, 0.15) is 0 Å². The van der Waals surface area contributed by atoms with Crippen LogP contribution < -0.4 is 5.32 Å². The summed E-state index contributed by atoms with van der Waals surface area (Å²) in [7, 11) is 1.54. The summed E-state index contributed by atoms with van der Waals surface area (Å²) in [6.07, 6.45) is 2.07. The Balaban J connectivity index is 2.32. The molecule has 2 rings (SSSR count). The molecule has 122 valence electrons. The van der Waals surface area contributed by atoms with E-state index in [1.165, 1.54) is 0 Å². The molecule has 1 saturated heterocycles. The van der Waals surface area contributed by atoms with Gasteiger partial charge in [0.15, 0.2) is 0 Å². The van der Waals surface area contributed by atoms with Crippen LogP contribution in [0.15, 0.2) is 34.7 Å². The van der Waals surface area contributed by atoms with E-state index in [0.29, 0.717) is 6.54 Å². The van der Waals surface area contributed by atoms with Crippen molar-refractivity contribution in [3.63, 3.8) is 0 Å². The first-order valence-corrected chi connectivity index (χ1v) is 8.08. The lowest BCUT2D eigenvalue weighted by atomic mass is 9.77. The second-order valence-corrected chi connectivity index (χ2v) is 6.82. The summed E-state index contributed by atoms with van der Waals surface area (Å²) in [6, 6.07) is 7.81. The van der Waals surface area contributed by atoms with Crippen LogP contribution in [0, 0.1) is 0 Å². The van der Waals surface area contributed by atoms with E-state index >= 15 is 0 Å². The van der Waals surface area contributed by atoms with Gasteiger partial charge in [0.2, 0.25) is 0 Å². The lowest BCUT2D eigenvalue weighted by molar-refractivity contribution is 0.00578. The van der Waals surface area contributed by atoms with Crippen LogP contribution >= 0.6 is 12.2 Å². The lowest BCUT2D eigenvalue weighted by Crippen LogP contribution is -2.41. The minimum absolute atomic E-state index is 0.353. The number of nitrogens with zero attached hydrogens (tertiary/aromatic N) is 1. The molecule has 1 fully saturated rings. The van der Waals surface area contributed by atoms with Crippen molar-refractivity contribution in [3.8, 4) is 0 Å². The summed E-state index contributed by atoms with van der Waals surface area (Å²) in [5.41, 5.74) is 2.14. The minimum atomic E-state index is -0.370. The maximum Gasteiger partial charge on any atom is 0.491 e. The van der Waals surface area contributed by atoms with Gasteiger partial charge in [0, 0.05) is 6.54 Å². The van der Waals surface area contributed by atoms with E-state index in [-0.39, 0.29) is 18.3 Å². The average Bonchev–Trinajstić information content (AvgIpc) is 2.68. The Kier molecular flexibility index (Phi) is 5.55. The van der Waals surface area contributed by atoms with Crippen LogP contribution in [-0.2, 0) is 9.31 Å². The van der Waals surface area contributed by atoms with E-state index in [1.807, 2.05) is 31.3 Å². The maximum absolute atomic E-state index is 6.15. The van der Waals surface area contributed by atoms with Gasteiger partial charge in [-0.3, -0.25) is 0 Å². The average molecular weight is 330 g/mol. The topological polar surface area (TPSA) is 42.9 Å². The van der Waals surface area contributed by atoms with Crippen LogP contribution in [0.5, 0.6) is 0 Å². The molecule has 0 unspecified atom stereocenters. The van der Waals surface area contributed by atoms with E-state index in [9.17, 15) is 0 Å². The maximum atomic E-state index is 6.15. The van der Waals surface area contributed by atoms with Gasteiger partial charge in [-0.15, -0.1) is 0 Å². The van der Waals surface area contributed by atoms with Crippen LogP contribution in [0.3, 0.4) is 0 Å². The highest BCUT2D eigenvalue weighted by Crippen LogP contribution is 2.38. The highest BCUT2D eigenvalue weighted by atomic mass is 32.1. The predicted molar refractivity (Wildman–Crippen MR) is 99.1 cm³/mol. The largest absolute Gasteiger partial charge is 0.491 e. The molecule has 0 saturated carbocycles. The first-order valence-electron chi connectivity index (χ1n) is 7.68. The Labute approximate surface area is 144 Å². The first kappa shape index (κ1) is 18.0. The Morgan fingerprint density at radius 3 is 2.52 bits per heavy atom. The molecule has 1 N–H and O–H groups in total. The Morgan fingerprint density at radius 1 is 1.30 bits per heavy atom. The van der Waals surface area contributed by atoms with Crippen molar-refractivity contribution in [2.45, 2.75) is 38.9 Å². The molecule has 1 aromatic rings. The van der Waals surface area contributed by atoms with Crippen molar-refractivity contribution in [2.75, 3.05) is 13.6 Å². The van der Waals surface area contributed by atoms with Crippen molar-refractivity contribution < 1.29 is 9.31 Å². The summed E-state index contributed by atoms with van der Waals surface area (Å²) in [5, 5.41) is 5.57. The first-order chi connectivity index (χ1) is 10.8. The third kappa shape index (κ3) is 4.16. The molecule has 6 heteroatoms. The smallest absolute Gasteiger partial charge is 0.400 e. The Hall–Kier alpha value is -1.30. The summed E-state index contributed by atoms with van der Waals surface area (Å²) in [4.78, 5) is 4.02. The van der Waals surface area contributed by atoms with E-state index < -0.39 is 0 Å². The van der Waals surface area contributed by atoms with Crippen molar-refractivity contribution in [1.29, 1.82) is 0 Å². The van der Waals surface area contributed by atoms with Gasteiger partial charge in [0.05, 0.1) is 22.1 Å². The summed E-state index contributed by atoms with van der Waals surface area (Å²) in [6.45, 7) is 8.90. The van der Waals surface area contributed by atoms with Gasteiger partial charge in [0.25, 0.3) is 0 Å². The van der Waals surface area contributed by atoms with Crippen LogP contribution in [0.25, 0.3) is 6.08 Å². The standard InChI is InChI=1S/C17H23BN2O2S/c1-16(2)17(3,4)22-18(21-16)14(11-19-5)9-13-7-6-8-15(10-13)20-12-23/h6-10,19H,11H2,1-5H3. The number of rotatable bonds is 5. The molecule has 23 heavy (non-hydrogen) atoms. The summed E-state index contributed by atoms with van der Waals surface area (Å²) < 4.78 is 12.3. The summed E-state index contributed by atoms with van der Waals surface area (Å²) >= 11 is 4.66. The number of nitrogens with one attached hydrogen (secondary N) is 1. The Bertz CT molecular complexity index is 636. The van der Waals surface area contributed by atoms with Crippen LogP contribution in [0.2, 0.25) is 0 Å². The second-order valence-electron chi connectivity index (χ2n) is 6.64. The van der Waals surface area contributed by atoms with Crippen LogP contribution in [-0.4, -0.2) is 37.1 Å².